The fourth-order valence-corrected chi connectivity index (χ4v) is 1.16. The minimum Gasteiger partial charge on any atom is -0.484 e. The van der Waals surface area contributed by atoms with E-state index in [9.17, 15) is 19.3 Å². The van der Waals surface area contributed by atoms with Gasteiger partial charge in [-0.15, -0.1) is 0 Å². The molecule has 0 atom stereocenters. The number of halogens is 1. The van der Waals surface area contributed by atoms with Crippen molar-refractivity contribution in [2.75, 3.05) is 20.2 Å². The van der Waals surface area contributed by atoms with Gasteiger partial charge in [0.15, 0.2) is 6.61 Å². The Balaban J connectivity index is 2.67. The van der Waals surface area contributed by atoms with Gasteiger partial charge in [0, 0.05) is 25.7 Å². The van der Waals surface area contributed by atoms with E-state index in [1.165, 1.54) is 11.0 Å². The zero-order chi connectivity index (χ0) is 13.7. The summed E-state index contributed by atoms with van der Waals surface area (Å²) in [5.41, 5.74) is -0.626. The summed E-state index contributed by atoms with van der Waals surface area (Å²) in [6.07, 6.45) is 0. The van der Waals surface area contributed by atoms with Crippen molar-refractivity contribution >= 4 is 11.6 Å². The van der Waals surface area contributed by atoms with E-state index in [0.717, 1.165) is 12.1 Å². The normalized spacial score (nSPS) is 9.94. The third-order valence-corrected chi connectivity index (χ3v) is 2.38. The monoisotopic (exact) mass is 256 g/mol. The summed E-state index contributed by atoms with van der Waals surface area (Å²) in [5, 5.41) is 10.4. The first-order valence-corrected chi connectivity index (χ1v) is 5.26. The van der Waals surface area contributed by atoms with Crippen molar-refractivity contribution in [3.63, 3.8) is 0 Å². The van der Waals surface area contributed by atoms with Crippen LogP contribution in [-0.4, -0.2) is 35.9 Å². The molecule has 6 nitrogen and oxygen atoms in total. The molecule has 0 aliphatic rings. The van der Waals surface area contributed by atoms with E-state index in [4.69, 9.17) is 4.74 Å². The Morgan fingerprint density at radius 3 is 2.72 bits per heavy atom. The molecular weight excluding hydrogens is 243 g/mol. The van der Waals surface area contributed by atoms with Crippen LogP contribution >= 0.6 is 0 Å². The second-order valence-corrected chi connectivity index (χ2v) is 3.57. The molecule has 0 unspecified atom stereocenters. The van der Waals surface area contributed by atoms with E-state index < -0.39 is 16.4 Å². The van der Waals surface area contributed by atoms with Gasteiger partial charge in [-0.1, -0.05) is 0 Å². The quantitative estimate of drug-likeness (QED) is 0.592. The van der Waals surface area contributed by atoms with Crippen LogP contribution in [0.25, 0.3) is 0 Å². The highest BCUT2D eigenvalue weighted by Crippen LogP contribution is 2.22. The van der Waals surface area contributed by atoms with E-state index in [-0.39, 0.29) is 18.3 Å². The highest BCUT2D eigenvalue weighted by Gasteiger charge is 2.15. The summed E-state index contributed by atoms with van der Waals surface area (Å²) in [6.45, 7) is 2.11. The largest absolute Gasteiger partial charge is 0.484 e. The minimum absolute atomic E-state index is 0.0796. The summed E-state index contributed by atoms with van der Waals surface area (Å²) >= 11 is 0. The van der Waals surface area contributed by atoms with Crippen LogP contribution in [0, 0.1) is 15.9 Å². The number of hydrogen-bond acceptors (Lipinski definition) is 4. The van der Waals surface area contributed by atoms with Crippen molar-refractivity contribution in [2.24, 2.45) is 0 Å². The Morgan fingerprint density at radius 2 is 2.22 bits per heavy atom. The second-order valence-electron chi connectivity index (χ2n) is 3.57. The fourth-order valence-electron chi connectivity index (χ4n) is 1.16. The maximum atomic E-state index is 13.2. The first-order chi connectivity index (χ1) is 8.45. The molecule has 0 saturated carbocycles. The third-order valence-electron chi connectivity index (χ3n) is 2.38. The predicted molar refractivity (Wildman–Crippen MR) is 61.9 cm³/mol. The smallest absolute Gasteiger partial charge is 0.305 e. The molecule has 98 valence electrons. The zero-order valence-electron chi connectivity index (χ0n) is 10.1. The lowest BCUT2D eigenvalue weighted by molar-refractivity contribution is -0.387. The van der Waals surface area contributed by atoms with Crippen molar-refractivity contribution in [3.8, 4) is 5.75 Å². The van der Waals surface area contributed by atoms with Crippen molar-refractivity contribution in [2.45, 2.75) is 6.92 Å². The Hall–Kier alpha value is -2.18. The van der Waals surface area contributed by atoms with E-state index in [1.807, 2.05) is 6.92 Å². The van der Waals surface area contributed by atoms with Gasteiger partial charge in [-0.2, -0.15) is 4.39 Å². The maximum absolute atomic E-state index is 13.2. The van der Waals surface area contributed by atoms with Gasteiger partial charge in [-0.25, -0.2) is 0 Å². The molecule has 7 heteroatoms. The Morgan fingerprint density at radius 1 is 1.56 bits per heavy atom. The number of nitrogens with zero attached hydrogens (tertiary/aromatic N) is 2. The van der Waals surface area contributed by atoms with Crippen molar-refractivity contribution < 1.29 is 18.8 Å². The average Bonchev–Trinajstić information content (AvgIpc) is 2.34. The van der Waals surface area contributed by atoms with Crippen LogP contribution < -0.4 is 4.74 Å². The molecule has 0 aliphatic carbocycles. The van der Waals surface area contributed by atoms with Gasteiger partial charge < -0.3 is 9.64 Å². The number of rotatable bonds is 5. The number of nitro groups is 1. The van der Waals surface area contributed by atoms with Gasteiger partial charge in [-0.3, -0.25) is 14.9 Å². The number of benzene rings is 1. The molecule has 0 aromatic heterocycles. The van der Waals surface area contributed by atoms with Crippen LogP contribution in [-0.2, 0) is 4.79 Å². The van der Waals surface area contributed by atoms with E-state index in [2.05, 4.69) is 0 Å². The Kier molecular flexibility index (Phi) is 4.59. The molecule has 0 N–H and O–H groups in total. The van der Waals surface area contributed by atoms with Crippen LogP contribution in [0.1, 0.15) is 6.92 Å². The van der Waals surface area contributed by atoms with Crippen LogP contribution in [0.4, 0.5) is 10.1 Å². The molecule has 0 aliphatic heterocycles. The molecule has 1 rings (SSSR count). The van der Waals surface area contributed by atoms with Crippen LogP contribution in [0.2, 0.25) is 0 Å². The van der Waals surface area contributed by atoms with Crippen LogP contribution in [0.15, 0.2) is 18.2 Å². The molecule has 0 saturated heterocycles. The highest BCUT2D eigenvalue weighted by atomic mass is 19.1. The van der Waals surface area contributed by atoms with Gasteiger partial charge in [-0.05, 0) is 13.0 Å². The van der Waals surface area contributed by atoms with Gasteiger partial charge in [0.1, 0.15) is 5.75 Å². The SMILES string of the molecule is CCN(C)C(=O)COc1ccc([N+](=O)[O-])c(F)c1. The van der Waals surface area contributed by atoms with Gasteiger partial charge >= 0.3 is 5.69 Å². The molecule has 1 aromatic rings. The van der Waals surface area contributed by atoms with Gasteiger partial charge in [0.05, 0.1) is 4.92 Å². The van der Waals surface area contributed by atoms with E-state index in [1.54, 1.807) is 7.05 Å². The first kappa shape index (κ1) is 13.9. The first-order valence-electron chi connectivity index (χ1n) is 5.26. The number of ether oxygens (including phenoxy) is 1. The third kappa shape index (κ3) is 3.41. The molecule has 1 amide bonds. The predicted octanol–water partition coefficient (Wildman–Crippen LogP) is 1.59. The summed E-state index contributed by atoms with van der Waals surface area (Å²) in [7, 11) is 1.61. The highest BCUT2D eigenvalue weighted by molar-refractivity contribution is 5.77. The zero-order valence-corrected chi connectivity index (χ0v) is 10.1. The molecule has 1 aromatic carbocycles. The number of amides is 1. The topological polar surface area (TPSA) is 72.7 Å². The lowest BCUT2D eigenvalue weighted by Crippen LogP contribution is -2.31. The molecule has 0 heterocycles. The Labute approximate surface area is 103 Å². The number of carbonyl (C=O) groups excluding carboxylic acids is 1. The van der Waals surface area contributed by atoms with E-state index >= 15 is 0 Å². The lowest BCUT2D eigenvalue weighted by Gasteiger charge is -2.14. The van der Waals surface area contributed by atoms with E-state index in [0.29, 0.717) is 6.54 Å². The number of likely N-dealkylation sites (N-methyl/N-ethyl adjacent to an activating group) is 1. The summed E-state index contributed by atoms with van der Waals surface area (Å²) in [6, 6.07) is 3.14. The van der Waals surface area contributed by atoms with Crippen molar-refractivity contribution in [1.29, 1.82) is 0 Å². The van der Waals surface area contributed by atoms with Gasteiger partial charge in [0.2, 0.25) is 5.82 Å². The van der Waals surface area contributed by atoms with Crippen LogP contribution in [0.3, 0.4) is 0 Å². The molecule has 0 radical (unpaired) electrons. The standard InChI is InChI=1S/C11H13FN2O4/c1-3-13(2)11(15)7-18-8-4-5-10(14(16)17)9(12)6-8/h4-6H,3,7H2,1-2H3. The molecular formula is C11H13FN2O4. The molecule has 0 bridgehead atoms. The average molecular weight is 256 g/mol. The number of carbonyl (C=O) groups is 1. The number of hydrogen-bond donors (Lipinski definition) is 0. The van der Waals surface area contributed by atoms with Crippen molar-refractivity contribution in [1.82, 2.24) is 4.90 Å². The molecule has 18 heavy (non-hydrogen) atoms. The fraction of sp³-hybridized carbons (Fsp3) is 0.364. The summed E-state index contributed by atoms with van der Waals surface area (Å²) < 4.78 is 18.3. The second kappa shape index (κ2) is 5.95. The Bertz CT molecular complexity index is 464. The summed E-state index contributed by atoms with van der Waals surface area (Å²) in [5.74, 6) is -1.17. The number of nitro benzene ring substituents is 1. The summed E-state index contributed by atoms with van der Waals surface area (Å²) in [4.78, 5) is 22.4. The molecule has 0 fully saturated rings. The van der Waals surface area contributed by atoms with Gasteiger partial charge in [0.25, 0.3) is 5.91 Å². The van der Waals surface area contributed by atoms with Crippen molar-refractivity contribution in [3.05, 3.63) is 34.1 Å². The minimum atomic E-state index is -0.992. The van der Waals surface area contributed by atoms with Crippen LogP contribution in [0.5, 0.6) is 5.75 Å². The molecule has 0 spiro atoms. The maximum Gasteiger partial charge on any atom is 0.305 e. The lowest BCUT2D eigenvalue weighted by atomic mass is 10.3.